The van der Waals surface area contributed by atoms with Crippen LogP contribution in [-0.2, 0) is 12.8 Å². The predicted octanol–water partition coefficient (Wildman–Crippen LogP) is 3.62. The molecule has 0 saturated heterocycles. The summed E-state index contributed by atoms with van der Waals surface area (Å²) in [6, 6.07) is 7.61. The van der Waals surface area contributed by atoms with Crippen LogP contribution in [0.2, 0.25) is 5.02 Å². The second kappa shape index (κ2) is 6.16. The largest absolute Gasteiger partial charge is 0.198 e. The lowest BCUT2D eigenvalue weighted by Crippen LogP contribution is -1.96. The van der Waals surface area contributed by atoms with Gasteiger partial charge >= 0.3 is 0 Å². The molecular formula is C13H13ClN2. The van der Waals surface area contributed by atoms with Crippen molar-refractivity contribution >= 4 is 11.6 Å². The van der Waals surface area contributed by atoms with E-state index in [-0.39, 0.29) is 0 Å². The van der Waals surface area contributed by atoms with E-state index in [1.165, 1.54) is 0 Å². The Kier molecular flexibility index (Phi) is 4.83. The Labute approximate surface area is 101 Å². The maximum absolute atomic E-state index is 8.83. The Bertz CT molecular complexity index is 452. The Morgan fingerprint density at radius 1 is 1.31 bits per heavy atom. The molecule has 0 fully saturated rings. The van der Waals surface area contributed by atoms with Crippen molar-refractivity contribution < 1.29 is 0 Å². The first-order valence-corrected chi connectivity index (χ1v) is 5.69. The molecule has 0 N–H and O–H groups in total. The molecule has 2 nitrogen and oxygen atoms in total. The van der Waals surface area contributed by atoms with E-state index in [4.69, 9.17) is 22.1 Å². The average molecular weight is 233 g/mol. The number of hydrogen-bond donors (Lipinski definition) is 0. The van der Waals surface area contributed by atoms with Gasteiger partial charge in [0.15, 0.2) is 0 Å². The summed E-state index contributed by atoms with van der Waals surface area (Å²) >= 11 is 6.12. The summed E-state index contributed by atoms with van der Waals surface area (Å²) in [7, 11) is 0. The molecule has 82 valence electrons. The zero-order valence-corrected chi connectivity index (χ0v) is 10.0. The number of unbranched alkanes of at least 4 members (excludes halogenated alkanes) is 1. The van der Waals surface area contributed by atoms with E-state index < -0.39 is 0 Å². The van der Waals surface area contributed by atoms with Crippen LogP contribution in [0.25, 0.3) is 0 Å². The van der Waals surface area contributed by atoms with Gasteiger partial charge in [-0.15, -0.1) is 0 Å². The third-order valence-electron chi connectivity index (χ3n) is 2.47. The number of nitriles is 2. The standard InChI is InChI=1S/C13H13ClN2/c1-2-3-4-12-11(5-6-15)7-10(9-16)8-13(12)14/h7-8H,2-5H2,1H3. The fourth-order valence-electron chi connectivity index (χ4n) is 1.63. The SMILES string of the molecule is CCCCc1c(Cl)cc(C#N)cc1CC#N. The normalized spacial score (nSPS) is 9.50. The molecule has 3 heteroatoms. The number of nitrogens with zero attached hydrogens (tertiary/aromatic N) is 2. The van der Waals surface area contributed by atoms with E-state index >= 15 is 0 Å². The highest BCUT2D eigenvalue weighted by molar-refractivity contribution is 6.31. The van der Waals surface area contributed by atoms with Crippen LogP contribution in [0.4, 0.5) is 0 Å². The summed E-state index contributed by atoms with van der Waals surface area (Å²) in [5.41, 5.74) is 2.43. The predicted molar refractivity (Wildman–Crippen MR) is 64.1 cm³/mol. The van der Waals surface area contributed by atoms with E-state index in [0.717, 1.165) is 30.4 Å². The Balaban J connectivity index is 3.14. The molecule has 0 amide bonds. The van der Waals surface area contributed by atoms with Crippen molar-refractivity contribution in [2.24, 2.45) is 0 Å². The van der Waals surface area contributed by atoms with Crippen LogP contribution in [0.3, 0.4) is 0 Å². The Morgan fingerprint density at radius 2 is 2.06 bits per heavy atom. The first kappa shape index (κ1) is 12.6. The number of hydrogen-bond acceptors (Lipinski definition) is 2. The molecule has 0 aliphatic heterocycles. The van der Waals surface area contributed by atoms with Crippen LogP contribution in [-0.4, -0.2) is 0 Å². The van der Waals surface area contributed by atoms with Gasteiger partial charge in [0.25, 0.3) is 0 Å². The highest BCUT2D eigenvalue weighted by Crippen LogP contribution is 2.24. The summed E-state index contributed by atoms with van der Waals surface area (Å²) in [5, 5.41) is 18.2. The molecule has 1 aromatic carbocycles. The third-order valence-corrected chi connectivity index (χ3v) is 2.80. The molecule has 0 saturated carbocycles. The summed E-state index contributed by atoms with van der Waals surface area (Å²) in [4.78, 5) is 0. The molecule has 0 spiro atoms. The van der Waals surface area contributed by atoms with Gasteiger partial charge in [-0.2, -0.15) is 10.5 Å². The molecule has 0 aliphatic carbocycles. The smallest absolute Gasteiger partial charge is 0.0992 e. The van der Waals surface area contributed by atoms with Crippen LogP contribution in [0.5, 0.6) is 0 Å². The van der Waals surface area contributed by atoms with Crippen molar-refractivity contribution in [1.82, 2.24) is 0 Å². The lowest BCUT2D eigenvalue weighted by Gasteiger charge is -2.09. The van der Waals surface area contributed by atoms with Crippen LogP contribution in [0, 0.1) is 22.7 Å². The van der Waals surface area contributed by atoms with Crippen molar-refractivity contribution in [3.63, 3.8) is 0 Å². The van der Waals surface area contributed by atoms with Crippen molar-refractivity contribution in [2.45, 2.75) is 32.6 Å². The molecule has 1 aromatic rings. The van der Waals surface area contributed by atoms with Crippen molar-refractivity contribution in [2.75, 3.05) is 0 Å². The maximum Gasteiger partial charge on any atom is 0.0992 e. The molecule has 1 rings (SSSR count). The zero-order valence-electron chi connectivity index (χ0n) is 9.26. The minimum absolute atomic E-state index is 0.314. The van der Waals surface area contributed by atoms with E-state index in [1.807, 2.05) is 0 Å². The number of halogens is 1. The highest BCUT2D eigenvalue weighted by atomic mass is 35.5. The summed E-state index contributed by atoms with van der Waals surface area (Å²) in [5.74, 6) is 0. The minimum atomic E-state index is 0.314. The van der Waals surface area contributed by atoms with E-state index in [2.05, 4.69) is 19.1 Å². The van der Waals surface area contributed by atoms with E-state index in [1.54, 1.807) is 12.1 Å². The first-order chi connectivity index (χ1) is 7.72. The molecule has 0 unspecified atom stereocenters. The second-order valence-corrected chi connectivity index (χ2v) is 4.05. The summed E-state index contributed by atoms with van der Waals surface area (Å²) in [6.45, 7) is 2.11. The molecule has 0 heterocycles. The van der Waals surface area contributed by atoms with Crippen LogP contribution >= 0.6 is 11.6 Å². The van der Waals surface area contributed by atoms with Gasteiger partial charge in [-0.1, -0.05) is 24.9 Å². The van der Waals surface area contributed by atoms with Crippen molar-refractivity contribution in [3.05, 3.63) is 33.8 Å². The Hall–Kier alpha value is -1.51. The number of benzene rings is 1. The molecule has 16 heavy (non-hydrogen) atoms. The molecule has 0 radical (unpaired) electrons. The van der Waals surface area contributed by atoms with Gasteiger partial charge in [-0.25, -0.2) is 0 Å². The second-order valence-electron chi connectivity index (χ2n) is 3.65. The third kappa shape index (κ3) is 2.99. The van der Waals surface area contributed by atoms with Gasteiger partial charge in [-0.05, 0) is 36.1 Å². The quantitative estimate of drug-likeness (QED) is 0.796. The highest BCUT2D eigenvalue weighted by Gasteiger charge is 2.09. The fourth-order valence-corrected chi connectivity index (χ4v) is 1.97. The Morgan fingerprint density at radius 3 is 2.62 bits per heavy atom. The van der Waals surface area contributed by atoms with Crippen LogP contribution < -0.4 is 0 Å². The molecular weight excluding hydrogens is 220 g/mol. The molecule has 0 aromatic heterocycles. The van der Waals surface area contributed by atoms with Gasteiger partial charge in [-0.3, -0.25) is 0 Å². The lowest BCUT2D eigenvalue weighted by molar-refractivity contribution is 0.789. The van der Waals surface area contributed by atoms with Crippen LogP contribution in [0.15, 0.2) is 12.1 Å². The van der Waals surface area contributed by atoms with Gasteiger partial charge in [0.1, 0.15) is 0 Å². The van der Waals surface area contributed by atoms with Crippen LogP contribution in [0.1, 0.15) is 36.5 Å². The average Bonchev–Trinajstić information content (AvgIpc) is 2.28. The fraction of sp³-hybridized carbons (Fsp3) is 0.385. The first-order valence-electron chi connectivity index (χ1n) is 5.31. The van der Waals surface area contributed by atoms with Crippen molar-refractivity contribution in [1.29, 1.82) is 10.5 Å². The van der Waals surface area contributed by atoms with Gasteiger partial charge in [0.05, 0.1) is 24.1 Å². The minimum Gasteiger partial charge on any atom is -0.198 e. The lowest BCUT2D eigenvalue weighted by atomic mass is 9.98. The topological polar surface area (TPSA) is 47.6 Å². The van der Waals surface area contributed by atoms with Gasteiger partial charge in [0.2, 0.25) is 0 Å². The van der Waals surface area contributed by atoms with E-state index in [9.17, 15) is 0 Å². The maximum atomic E-state index is 8.83. The molecule has 0 bridgehead atoms. The summed E-state index contributed by atoms with van der Waals surface area (Å²) in [6.07, 6.45) is 3.32. The zero-order chi connectivity index (χ0) is 12.0. The van der Waals surface area contributed by atoms with E-state index in [0.29, 0.717) is 17.0 Å². The van der Waals surface area contributed by atoms with Crippen molar-refractivity contribution in [3.8, 4) is 12.1 Å². The molecule has 0 aliphatic rings. The number of rotatable bonds is 4. The molecule has 0 atom stereocenters. The van der Waals surface area contributed by atoms with Gasteiger partial charge in [0, 0.05) is 5.02 Å². The summed E-state index contributed by atoms with van der Waals surface area (Å²) < 4.78 is 0. The van der Waals surface area contributed by atoms with Gasteiger partial charge < -0.3 is 0 Å². The monoisotopic (exact) mass is 232 g/mol.